The number of hydrogen-bond acceptors (Lipinski definition) is 3. The van der Waals surface area contributed by atoms with E-state index in [2.05, 4.69) is 11.4 Å². The summed E-state index contributed by atoms with van der Waals surface area (Å²) in [5.74, 6) is 0.0406. The van der Waals surface area contributed by atoms with Gasteiger partial charge in [-0.25, -0.2) is 0 Å². The van der Waals surface area contributed by atoms with E-state index in [0.29, 0.717) is 19.4 Å². The Morgan fingerprint density at radius 1 is 1.58 bits per heavy atom. The van der Waals surface area contributed by atoms with Gasteiger partial charge in [0.15, 0.2) is 0 Å². The molecule has 0 atom stereocenters. The summed E-state index contributed by atoms with van der Waals surface area (Å²) >= 11 is 0. The van der Waals surface area contributed by atoms with Crippen molar-refractivity contribution in [2.75, 3.05) is 27.2 Å². The second kappa shape index (κ2) is 6.62. The van der Waals surface area contributed by atoms with Crippen LogP contribution in [0.5, 0.6) is 0 Å². The quantitative estimate of drug-likeness (QED) is 0.628. The van der Waals surface area contributed by atoms with E-state index in [4.69, 9.17) is 5.26 Å². The van der Waals surface area contributed by atoms with Gasteiger partial charge in [-0.2, -0.15) is 5.26 Å². The van der Waals surface area contributed by atoms with Crippen molar-refractivity contribution in [1.29, 1.82) is 5.26 Å². The van der Waals surface area contributed by atoms with E-state index in [-0.39, 0.29) is 5.91 Å². The lowest BCUT2D eigenvalue weighted by molar-refractivity contribution is -0.120. The molecular weight excluding hydrogens is 154 g/mol. The molecule has 0 bridgehead atoms. The Bertz CT molecular complexity index is 174. The van der Waals surface area contributed by atoms with Crippen molar-refractivity contribution in [3.8, 4) is 6.07 Å². The molecule has 0 unspecified atom stereocenters. The zero-order valence-electron chi connectivity index (χ0n) is 7.63. The molecule has 0 heterocycles. The van der Waals surface area contributed by atoms with Crippen LogP contribution in [0.3, 0.4) is 0 Å². The Kier molecular flexibility index (Phi) is 6.02. The smallest absolute Gasteiger partial charge is 0.221 e. The molecule has 0 aliphatic rings. The van der Waals surface area contributed by atoms with Crippen LogP contribution in [0.4, 0.5) is 0 Å². The monoisotopic (exact) mass is 169 g/mol. The summed E-state index contributed by atoms with van der Waals surface area (Å²) in [6.07, 6.45) is 1.02. The van der Waals surface area contributed by atoms with Crippen LogP contribution in [0.15, 0.2) is 0 Å². The average molecular weight is 169 g/mol. The van der Waals surface area contributed by atoms with Gasteiger partial charge >= 0.3 is 0 Å². The van der Waals surface area contributed by atoms with Gasteiger partial charge in [-0.3, -0.25) is 4.79 Å². The number of nitrogens with one attached hydrogen (secondary N) is 1. The number of carbonyl (C=O) groups is 1. The first kappa shape index (κ1) is 10.9. The fourth-order valence-electron chi connectivity index (χ4n) is 0.770. The SMILES string of the molecule is CNC(=O)CCN(C)CCC#N. The topological polar surface area (TPSA) is 56.1 Å². The molecule has 0 radical (unpaired) electrons. The van der Waals surface area contributed by atoms with E-state index in [1.54, 1.807) is 7.05 Å². The van der Waals surface area contributed by atoms with Gasteiger partial charge in [0.25, 0.3) is 0 Å². The van der Waals surface area contributed by atoms with Crippen LogP contribution >= 0.6 is 0 Å². The molecule has 4 nitrogen and oxygen atoms in total. The molecule has 0 saturated heterocycles. The molecule has 1 N–H and O–H groups in total. The average Bonchev–Trinajstić information content (AvgIpc) is 2.10. The van der Waals surface area contributed by atoms with Crippen LogP contribution in [-0.4, -0.2) is 38.0 Å². The number of nitrogens with zero attached hydrogens (tertiary/aromatic N) is 2. The Labute approximate surface area is 73.2 Å². The maximum absolute atomic E-state index is 10.8. The zero-order chi connectivity index (χ0) is 9.40. The Hall–Kier alpha value is -1.08. The van der Waals surface area contributed by atoms with Crippen LogP contribution in [0, 0.1) is 11.3 Å². The van der Waals surface area contributed by atoms with Gasteiger partial charge in [-0.05, 0) is 7.05 Å². The summed E-state index contributed by atoms with van der Waals surface area (Å²) in [6.45, 7) is 1.44. The maximum Gasteiger partial charge on any atom is 0.221 e. The van der Waals surface area contributed by atoms with E-state index >= 15 is 0 Å². The third-order valence-electron chi connectivity index (χ3n) is 1.60. The highest BCUT2D eigenvalue weighted by atomic mass is 16.1. The summed E-state index contributed by atoms with van der Waals surface area (Å²) in [5, 5.41) is 10.8. The molecule has 0 spiro atoms. The standard InChI is InChI=1S/C8H15N3O/c1-10-8(12)4-7-11(2)6-3-5-9/h3-4,6-7H2,1-2H3,(H,10,12). The van der Waals surface area contributed by atoms with Crippen LogP contribution in [-0.2, 0) is 4.79 Å². The Morgan fingerprint density at radius 3 is 2.75 bits per heavy atom. The second-order valence-corrected chi connectivity index (χ2v) is 2.63. The highest BCUT2D eigenvalue weighted by Crippen LogP contribution is 1.89. The second-order valence-electron chi connectivity index (χ2n) is 2.63. The van der Waals surface area contributed by atoms with Gasteiger partial charge < -0.3 is 10.2 Å². The lowest BCUT2D eigenvalue weighted by Crippen LogP contribution is -2.27. The van der Waals surface area contributed by atoms with E-state index in [1.807, 2.05) is 11.9 Å². The van der Waals surface area contributed by atoms with E-state index < -0.39 is 0 Å². The van der Waals surface area contributed by atoms with Gasteiger partial charge in [0.1, 0.15) is 0 Å². The number of carbonyl (C=O) groups excluding carboxylic acids is 1. The highest BCUT2D eigenvalue weighted by molar-refractivity contribution is 5.75. The summed E-state index contributed by atoms with van der Waals surface area (Å²) < 4.78 is 0. The van der Waals surface area contributed by atoms with Crippen LogP contribution in [0.25, 0.3) is 0 Å². The Morgan fingerprint density at radius 2 is 2.25 bits per heavy atom. The van der Waals surface area contributed by atoms with E-state index in [9.17, 15) is 4.79 Å². The zero-order valence-corrected chi connectivity index (χ0v) is 7.63. The van der Waals surface area contributed by atoms with Crippen molar-refractivity contribution in [1.82, 2.24) is 10.2 Å². The summed E-state index contributed by atoms with van der Waals surface area (Å²) in [5.41, 5.74) is 0. The lowest BCUT2D eigenvalue weighted by Gasteiger charge is -2.13. The van der Waals surface area contributed by atoms with Crippen molar-refractivity contribution in [2.45, 2.75) is 12.8 Å². The summed E-state index contributed by atoms with van der Waals surface area (Å²) in [6, 6.07) is 2.06. The fourth-order valence-corrected chi connectivity index (χ4v) is 0.770. The van der Waals surface area contributed by atoms with Crippen LogP contribution in [0.2, 0.25) is 0 Å². The van der Waals surface area contributed by atoms with Gasteiger partial charge in [0.2, 0.25) is 5.91 Å². The molecule has 0 aliphatic carbocycles. The third-order valence-corrected chi connectivity index (χ3v) is 1.60. The first-order chi connectivity index (χ1) is 5.70. The van der Waals surface area contributed by atoms with E-state index in [0.717, 1.165) is 6.54 Å². The maximum atomic E-state index is 10.8. The molecule has 0 aromatic carbocycles. The van der Waals surface area contributed by atoms with Crippen molar-refractivity contribution in [3.05, 3.63) is 0 Å². The minimum Gasteiger partial charge on any atom is -0.359 e. The first-order valence-corrected chi connectivity index (χ1v) is 3.96. The van der Waals surface area contributed by atoms with Gasteiger partial charge in [0.05, 0.1) is 6.07 Å². The Balaban J connectivity index is 3.38. The van der Waals surface area contributed by atoms with Crippen molar-refractivity contribution >= 4 is 5.91 Å². The van der Waals surface area contributed by atoms with Gasteiger partial charge in [-0.1, -0.05) is 0 Å². The number of nitriles is 1. The van der Waals surface area contributed by atoms with Crippen molar-refractivity contribution in [3.63, 3.8) is 0 Å². The van der Waals surface area contributed by atoms with Gasteiger partial charge in [0, 0.05) is 33.0 Å². The number of rotatable bonds is 5. The highest BCUT2D eigenvalue weighted by Gasteiger charge is 2.01. The molecular formula is C8H15N3O. The molecule has 12 heavy (non-hydrogen) atoms. The summed E-state index contributed by atoms with van der Waals surface area (Å²) in [4.78, 5) is 12.8. The van der Waals surface area contributed by atoms with Gasteiger partial charge in [-0.15, -0.1) is 0 Å². The van der Waals surface area contributed by atoms with E-state index in [1.165, 1.54) is 0 Å². The molecule has 1 amide bonds. The molecule has 0 saturated carbocycles. The molecule has 4 heteroatoms. The third kappa shape index (κ3) is 5.69. The largest absolute Gasteiger partial charge is 0.359 e. The molecule has 0 aromatic heterocycles. The van der Waals surface area contributed by atoms with Crippen LogP contribution in [0.1, 0.15) is 12.8 Å². The molecule has 0 fully saturated rings. The van der Waals surface area contributed by atoms with Crippen molar-refractivity contribution < 1.29 is 4.79 Å². The number of hydrogen-bond donors (Lipinski definition) is 1. The minimum atomic E-state index is 0.0406. The minimum absolute atomic E-state index is 0.0406. The lowest BCUT2D eigenvalue weighted by atomic mass is 10.3. The summed E-state index contributed by atoms with van der Waals surface area (Å²) in [7, 11) is 3.53. The predicted molar refractivity (Wildman–Crippen MR) is 46.4 cm³/mol. The predicted octanol–water partition coefficient (Wildman–Crippen LogP) is -0.0320. The molecule has 0 rings (SSSR count). The molecule has 68 valence electrons. The molecule has 0 aromatic rings. The fraction of sp³-hybridized carbons (Fsp3) is 0.750. The van der Waals surface area contributed by atoms with Crippen LogP contribution < -0.4 is 5.32 Å². The first-order valence-electron chi connectivity index (χ1n) is 3.96. The normalized spacial score (nSPS) is 9.50. The van der Waals surface area contributed by atoms with Crippen molar-refractivity contribution in [2.24, 2.45) is 0 Å². The number of amides is 1. The molecule has 0 aliphatic heterocycles.